The summed E-state index contributed by atoms with van der Waals surface area (Å²) in [6.45, 7) is 0.228. The molecule has 0 aliphatic carbocycles. The van der Waals surface area contributed by atoms with Crippen LogP contribution in [0.3, 0.4) is 0 Å². The molecule has 0 aromatic heterocycles. The lowest BCUT2D eigenvalue weighted by Crippen LogP contribution is -2.23. The second kappa shape index (κ2) is 16.5. The molecule has 0 saturated carbocycles. The predicted octanol–water partition coefficient (Wildman–Crippen LogP) is 3.87. The molecular formula is C29H44O6. The highest BCUT2D eigenvalue weighted by Gasteiger charge is 2.22. The van der Waals surface area contributed by atoms with Crippen LogP contribution in [0.2, 0.25) is 0 Å². The molecule has 0 radical (unpaired) electrons. The lowest BCUT2D eigenvalue weighted by atomic mass is 9.81. The smallest absolute Gasteiger partial charge is 0.118 e. The third kappa shape index (κ3) is 10.6. The number of hydrogen-bond acceptors (Lipinski definition) is 6. The zero-order valence-electron chi connectivity index (χ0n) is 21.3. The molecule has 4 atom stereocenters. The molecule has 2 rings (SSSR count). The molecule has 6 heteroatoms. The van der Waals surface area contributed by atoms with Crippen LogP contribution in [0.15, 0.2) is 48.5 Å². The van der Waals surface area contributed by atoms with Crippen LogP contribution >= 0.6 is 0 Å². The summed E-state index contributed by atoms with van der Waals surface area (Å²) in [6, 6.07) is 15.9. The molecule has 0 saturated heterocycles. The van der Waals surface area contributed by atoms with Crippen molar-refractivity contribution in [1.82, 2.24) is 0 Å². The third-order valence-corrected chi connectivity index (χ3v) is 7.03. The van der Waals surface area contributed by atoms with Crippen LogP contribution in [-0.2, 0) is 12.8 Å². The number of aliphatic hydroxyl groups is 4. The van der Waals surface area contributed by atoms with Crippen molar-refractivity contribution in [2.45, 2.75) is 44.9 Å². The van der Waals surface area contributed by atoms with Gasteiger partial charge in [-0.1, -0.05) is 24.3 Å². The number of ether oxygens (including phenoxy) is 2. The van der Waals surface area contributed by atoms with Crippen molar-refractivity contribution in [2.75, 3.05) is 40.6 Å². The Labute approximate surface area is 210 Å². The minimum atomic E-state index is 0.0149. The molecular weight excluding hydrogens is 444 g/mol. The lowest BCUT2D eigenvalue weighted by molar-refractivity contribution is 0.104. The van der Waals surface area contributed by atoms with Crippen LogP contribution in [0.25, 0.3) is 0 Å². The average molecular weight is 489 g/mol. The third-order valence-electron chi connectivity index (χ3n) is 7.03. The number of aryl methyl sites for hydroxylation is 2. The van der Waals surface area contributed by atoms with Gasteiger partial charge < -0.3 is 29.9 Å². The Bertz CT molecular complexity index is 724. The van der Waals surface area contributed by atoms with Crippen molar-refractivity contribution < 1.29 is 29.9 Å². The van der Waals surface area contributed by atoms with Crippen LogP contribution in [0.4, 0.5) is 0 Å². The molecule has 0 bridgehead atoms. The first-order valence-electron chi connectivity index (χ1n) is 12.7. The molecule has 2 aromatic rings. The van der Waals surface area contributed by atoms with Crippen LogP contribution in [0.5, 0.6) is 11.5 Å². The fraction of sp³-hybridized carbons (Fsp3) is 0.586. The largest absolute Gasteiger partial charge is 0.497 e. The van der Waals surface area contributed by atoms with E-state index >= 15 is 0 Å². The van der Waals surface area contributed by atoms with Gasteiger partial charge >= 0.3 is 0 Å². The Hall–Kier alpha value is -2.12. The molecule has 0 fully saturated rings. The quantitative estimate of drug-likeness (QED) is 0.254. The van der Waals surface area contributed by atoms with Gasteiger partial charge in [-0.15, -0.1) is 0 Å². The number of benzene rings is 2. The maximum absolute atomic E-state index is 10.0. The van der Waals surface area contributed by atoms with Gasteiger partial charge in [0.1, 0.15) is 11.5 Å². The average Bonchev–Trinajstić information content (AvgIpc) is 2.92. The summed E-state index contributed by atoms with van der Waals surface area (Å²) >= 11 is 0. The molecule has 0 spiro atoms. The lowest BCUT2D eigenvalue weighted by Gasteiger charge is -2.26. The highest BCUT2D eigenvalue weighted by Crippen LogP contribution is 2.28. The van der Waals surface area contributed by atoms with Gasteiger partial charge in [0.05, 0.1) is 14.2 Å². The summed E-state index contributed by atoms with van der Waals surface area (Å²) in [7, 11) is 3.30. The molecule has 0 unspecified atom stereocenters. The predicted molar refractivity (Wildman–Crippen MR) is 139 cm³/mol. The fourth-order valence-electron chi connectivity index (χ4n) is 4.80. The summed E-state index contributed by atoms with van der Waals surface area (Å²) in [4.78, 5) is 0. The van der Waals surface area contributed by atoms with E-state index in [1.54, 1.807) is 14.2 Å². The van der Waals surface area contributed by atoms with Crippen LogP contribution < -0.4 is 9.47 Å². The van der Waals surface area contributed by atoms with Gasteiger partial charge in [-0.05, 0) is 104 Å². The summed E-state index contributed by atoms with van der Waals surface area (Å²) in [6.07, 6.45) is 5.51. The summed E-state index contributed by atoms with van der Waals surface area (Å²) in [5.41, 5.74) is 2.39. The van der Waals surface area contributed by atoms with Gasteiger partial charge in [0.2, 0.25) is 0 Å². The van der Waals surface area contributed by atoms with Gasteiger partial charge in [0.15, 0.2) is 0 Å². The molecule has 2 aromatic carbocycles. The number of methoxy groups -OCH3 is 2. The number of rotatable bonds is 18. The molecule has 4 N–H and O–H groups in total. The maximum Gasteiger partial charge on any atom is 0.118 e. The fourth-order valence-corrected chi connectivity index (χ4v) is 4.80. The molecule has 0 aliphatic heterocycles. The standard InChI is InChI=1S/C29H44O6/c1-34-28-11-7-22(8-12-28)3-5-24(18-30)15-26(20-32)17-27(21-33)16-25(19-31)6-4-23-9-13-29(35-2)14-10-23/h7-14,24-27,30-33H,3-6,15-21H2,1-2H3/t24-,25-,26+,27+/m0/s1. The van der Waals surface area contributed by atoms with Gasteiger partial charge in [0, 0.05) is 26.4 Å². The minimum Gasteiger partial charge on any atom is -0.497 e. The van der Waals surface area contributed by atoms with Crippen molar-refractivity contribution in [3.05, 3.63) is 59.7 Å². The van der Waals surface area contributed by atoms with Crippen molar-refractivity contribution in [3.8, 4) is 11.5 Å². The van der Waals surface area contributed by atoms with E-state index in [-0.39, 0.29) is 50.1 Å². The van der Waals surface area contributed by atoms with Gasteiger partial charge in [-0.25, -0.2) is 0 Å². The highest BCUT2D eigenvalue weighted by molar-refractivity contribution is 5.28. The van der Waals surface area contributed by atoms with E-state index in [1.807, 2.05) is 48.5 Å². The van der Waals surface area contributed by atoms with Crippen molar-refractivity contribution in [3.63, 3.8) is 0 Å². The minimum absolute atomic E-state index is 0.0149. The normalized spacial score (nSPS) is 14.8. The van der Waals surface area contributed by atoms with E-state index in [2.05, 4.69) is 0 Å². The first-order chi connectivity index (χ1) is 17.0. The molecule has 0 amide bonds. The van der Waals surface area contributed by atoms with E-state index in [9.17, 15) is 20.4 Å². The summed E-state index contributed by atoms with van der Waals surface area (Å²) in [5.74, 6) is 1.87. The molecule has 0 aliphatic rings. The molecule has 35 heavy (non-hydrogen) atoms. The van der Waals surface area contributed by atoms with E-state index in [1.165, 1.54) is 11.1 Å². The van der Waals surface area contributed by atoms with Crippen LogP contribution in [0, 0.1) is 23.7 Å². The molecule has 196 valence electrons. The zero-order valence-corrected chi connectivity index (χ0v) is 21.3. The first-order valence-corrected chi connectivity index (χ1v) is 12.7. The van der Waals surface area contributed by atoms with E-state index in [0.717, 1.165) is 50.0 Å². The number of hydrogen-bond donors (Lipinski definition) is 4. The summed E-state index contributed by atoms with van der Waals surface area (Å²) < 4.78 is 10.4. The van der Waals surface area contributed by atoms with E-state index in [0.29, 0.717) is 6.42 Å². The Morgan fingerprint density at radius 1 is 0.514 bits per heavy atom. The Kier molecular flexibility index (Phi) is 13.8. The Balaban J connectivity index is 1.83. The van der Waals surface area contributed by atoms with E-state index in [4.69, 9.17) is 9.47 Å². The SMILES string of the molecule is COc1ccc(CC[C@H](CO)C[C@@H](CO)C[C@H](CO)C[C@@H](CO)CCc2ccc(OC)cc2)cc1. The van der Waals surface area contributed by atoms with Gasteiger partial charge in [-0.3, -0.25) is 0 Å². The Morgan fingerprint density at radius 2 is 0.829 bits per heavy atom. The van der Waals surface area contributed by atoms with Crippen LogP contribution in [0.1, 0.15) is 43.2 Å². The number of aliphatic hydroxyl groups excluding tert-OH is 4. The highest BCUT2D eigenvalue weighted by atomic mass is 16.5. The second-order valence-corrected chi connectivity index (χ2v) is 9.68. The van der Waals surface area contributed by atoms with Gasteiger partial charge in [-0.2, -0.15) is 0 Å². The second-order valence-electron chi connectivity index (χ2n) is 9.68. The van der Waals surface area contributed by atoms with E-state index < -0.39 is 0 Å². The van der Waals surface area contributed by atoms with Crippen molar-refractivity contribution in [1.29, 1.82) is 0 Å². The van der Waals surface area contributed by atoms with Crippen molar-refractivity contribution >= 4 is 0 Å². The van der Waals surface area contributed by atoms with Gasteiger partial charge in [0.25, 0.3) is 0 Å². The van der Waals surface area contributed by atoms with Crippen molar-refractivity contribution in [2.24, 2.45) is 23.7 Å². The van der Waals surface area contributed by atoms with Crippen LogP contribution in [-0.4, -0.2) is 61.1 Å². The molecule has 0 heterocycles. The molecule has 6 nitrogen and oxygen atoms in total. The first kappa shape index (κ1) is 29.1. The summed E-state index contributed by atoms with van der Waals surface area (Å²) in [5, 5.41) is 39.9. The zero-order chi connectivity index (χ0) is 25.5. The maximum atomic E-state index is 10.0. The topological polar surface area (TPSA) is 99.4 Å². The Morgan fingerprint density at radius 3 is 1.11 bits per heavy atom. The monoisotopic (exact) mass is 488 g/mol.